The molecule has 1 heterocycles. The molecular formula is C15H30N2O. The van der Waals surface area contributed by atoms with Gasteiger partial charge in [0.15, 0.2) is 0 Å². The Morgan fingerprint density at radius 2 is 1.83 bits per heavy atom. The van der Waals surface area contributed by atoms with E-state index < -0.39 is 0 Å². The highest BCUT2D eigenvalue weighted by molar-refractivity contribution is 4.93. The number of nitrogens with two attached hydrogens (primary N) is 1. The number of rotatable bonds is 4. The standard InChI is InChI=1S/C15H30N2O/c1-13-7-8-14(18-13)11-17(2)15(12-16)9-5-3-4-6-10-15/h13-14H,3-12,16H2,1-2H3. The number of hydrogen-bond acceptors (Lipinski definition) is 3. The van der Waals surface area contributed by atoms with Gasteiger partial charge >= 0.3 is 0 Å². The molecule has 2 rings (SSSR count). The summed E-state index contributed by atoms with van der Waals surface area (Å²) in [6.07, 6.45) is 11.3. The second kappa shape index (κ2) is 6.36. The van der Waals surface area contributed by atoms with Crippen LogP contribution in [0, 0.1) is 0 Å². The Labute approximate surface area is 112 Å². The van der Waals surface area contributed by atoms with Crippen LogP contribution in [0.25, 0.3) is 0 Å². The molecule has 3 nitrogen and oxygen atoms in total. The number of ether oxygens (including phenoxy) is 1. The Morgan fingerprint density at radius 1 is 1.17 bits per heavy atom. The molecule has 1 saturated carbocycles. The molecule has 2 N–H and O–H groups in total. The van der Waals surface area contributed by atoms with E-state index in [1.165, 1.54) is 51.4 Å². The minimum atomic E-state index is 0.242. The Hall–Kier alpha value is -0.120. The van der Waals surface area contributed by atoms with Gasteiger partial charge in [-0.1, -0.05) is 25.7 Å². The average molecular weight is 254 g/mol. The molecule has 3 heteroatoms. The monoisotopic (exact) mass is 254 g/mol. The van der Waals surface area contributed by atoms with Gasteiger partial charge in [0.05, 0.1) is 12.2 Å². The zero-order chi connectivity index (χ0) is 13.0. The van der Waals surface area contributed by atoms with Gasteiger partial charge in [-0.05, 0) is 39.7 Å². The van der Waals surface area contributed by atoms with Crippen LogP contribution < -0.4 is 5.73 Å². The molecule has 0 aromatic heterocycles. The van der Waals surface area contributed by atoms with E-state index in [0.29, 0.717) is 12.2 Å². The molecule has 0 bridgehead atoms. The maximum absolute atomic E-state index is 6.13. The molecule has 0 amide bonds. The van der Waals surface area contributed by atoms with Crippen molar-refractivity contribution in [3.63, 3.8) is 0 Å². The summed E-state index contributed by atoms with van der Waals surface area (Å²) >= 11 is 0. The summed E-state index contributed by atoms with van der Waals surface area (Å²) in [5, 5.41) is 0. The Morgan fingerprint density at radius 3 is 2.33 bits per heavy atom. The first-order valence-corrected chi connectivity index (χ1v) is 7.73. The SMILES string of the molecule is CC1CCC(CN(C)C2(CN)CCCCCC2)O1. The molecule has 18 heavy (non-hydrogen) atoms. The van der Waals surface area contributed by atoms with E-state index in [0.717, 1.165) is 13.1 Å². The van der Waals surface area contributed by atoms with Crippen LogP contribution in [-0.2, 0) is 4.74 Å². The predicted molar refractivity (Wildman–Crippen MR) is 75.7 cm³/mol. The maximum Gasteiger partial charge on any atom is 0.0706 e. The van der Waals surface area contributed by atoms with Crippen molar-refractivity contribution in [1.82, 2.24) is 4.90 Å². The lowest BCUT2D eigenvalue weighted by Crippen LogP contribution is -2.53. The summed E-state index contributed by atoms with van der Waals surface area (Å²) in [6.45, 7) is 4.04. The molecule has 1 aliphatic carbocycles. The van der Waals surface area contributed by atoms with Crippen LogP contribution in [0.1, 0.15) is 58.3 Å². The molecular weight excluding hydrogens is 224 g/mol. The second-order valence-corrected chi connectivity index (χ2v) is 6.37. The van der Waals surface area contributed by atoms with Crippen LogP contribution >= 0.6 is 0 Å². The second-order valence-electron chi connectivity index (χ2n) is 6.37. The lowest BCUT2D eigenvalue weighted by Gasteiger charge is -2.42. The minimum absolute atomic E-state index is 0.242. The van der Waals surface area contributed by atoms with Crippen molar-refractivity contribution >= 4 is 0 Å². The minimum Gasteiger partial charge on any atom is -0.374 e. The predicted octanol–water partition coefficient (Wildman–Crippen LogP) is 2.54. The number of nitrogens with zero attached hydrogens (tertiary/aromatic N) is 1. The lowest BCUT2D eigenvalue weighted by molar-refractivity contribution is 0.00486. The van der Waals surface area contributed by atoms with Crippen LogP contribution in [0.5, 0.6) is 0 Å². The fraction of sp³-hybridized carbons (Fsp3) is 1.00. The van der Waals surface area contributed by atoms with Crippen molar-refractivity contribution in [1.29, 1.82) is 0 Å². The molecule has 2 fully saturated rings. The van der Waals surface area contributed by atoms with Gasteiger partial charge in [-0.2, -0.15) is 0 Å². The highest BCUT2D eigenvalue weighted by atomic mass is 16.5. The van der Waals surface area contributed by atoms with E-state index in [2.05, 4.69) is 18.9 Å². The van der Waals surface area contributed by atoms with Crippen molar-refractivity contribution in [2.75, 3.05) is 20.1 Å². The van der Waals surface area contributed by atoms with Crippen molar-refractivity contribution in [3.05, 3.63) is 0 Å². The summed E-state index contributed by atoms with van der Waals surface area (Å²) < 4.78 is 5.96. The van der Waals surface area contributed by atoms with E-state index in [1.807, 2.05) is 0 Å². The van der Waals surface area contributed by atoms with E-state index >= 15 is 0 Å². The van der Waals surface area contributed by atoms with Gasteiger partial charge in [0.1, 0.15) is 0 Å². The molecule has 2 unspecified atom stereocenters. The summed E-state index contributed by atoms with van der Waals surface area (Å²) in [4.78, 5) is 2.51. The highest BCUT2D eigenvalue weighted by Crippen LogP contribution is 2.32. The quantitative estimate of drug-likeness (QED) is 0.784. The van der Waals surface area contributed by atoms with E-state index in [1.54, 1.807) is 0 Å². The highest BCUT2D eigenvalue weighted by Gasteiger charge is 2.35. The van der Waals surface area contributed by atoms with Crippen LogP contribution in [0.15, 0.2) is 0 Å². The summed E-state index contributed by atoms with van der Waals surface area (Å²) in [5.41, 5.74) is 6.37. The largest absolute Gasteiger partial charge is 0.374 e. The Kier molecular flexibility index (Phi) is 5.05. The molecule has 0 aromatic carbocycles. The third kappa shape index (κ3) is 3.25. The molecule has 0 aromatic rings. The first kappa shape index (κ1) is 14.3. The van der Waals surface area contributed by atoms with Gasteiger partial charge in [-0.15, -0.1) is 0 Å². The Bertz CT molecular complexity index is 249. The molecule has 1 aliphatic heterocycles. The maximum atomic E-state index is 6.13. The smallest absolute Gasteiger partial charge is 0.0706 e. The van der Waals surface area contributed by atoms with Crippen molar-refractivity contribution in [3.8, 4) is 0 Å². The normalized spacial score (nSPS) is 32.7. The molecule has 2 atom stereocenters. The fourth-order valence-corrected chi connectivity index (χ4v) is 3.65. The lowest BCUT2D eigenvalue weighted by atomic mass is 9.88. The zero-order valence-corrected chi connectivity index (χ0v) is 12.2. The van der Waals surface area contributed by atoms with Gasteiger partial charge in [-0.25, -0.2) is 0 Å². The van der Waals surface area contributed by atoms with Crippen molar-refractivity contribution in [2.24, 2.45) is 5.73 Å². The van der Waals surface area contributed by atoms with Crippen LogP contribution in [0.2, 0.25) is 0 Å². The van der Waals surface area contributed by atoms with Crippen LogP contribution in [0.3, 0.4) is 0 Å². The molecule has 0 spiro atoms. The number of likely N-dealkylation sites (N-methyl/N-ethyl adjacent to an activating group) is 1. The third-order valence-corrected chi connectivity index (χ3v) is 5.02. The van der Waals surface area contributed by atoms with Crippen LogP contribution in [-0.4, -0.2) is 42.8 Å². The average Bonchev–Trinajstić information content (AvgIpc) is 2.65. The summed E-state index contributed by atoms with van der Waals surface area (Å²) in [5.74, 6) is 0. The van der Waals surface area contributed by atoms with Gasteiger partial charge in [-0.3, -0.25) is 4.90 Å². The van der Waals surface area contributed by atoms with Crippen molar-refractivity contribution in [2.45, 2.75) is 76.0 Å². The third-order valence-electron chi connectivity index (χ3n) is 5.02. The van der Waals surface area contributed by atoms with E-state index in [4.69, 9.17) is 10.5 Å². The number of hydrogen-bond donors (Lipinski definition) is 1. The fourth-order valence-electron chi connectivity index (χ4n) is 3.65. The van der Waals surface area contributed by atoms with Gasteiger partial charge in [0.2, 0.25) is 0 Å². The van der Waals surface area contributed by atoms with Gasteiger partial charge < -0.3 is 10.5 Å². The topological polar surface area (TPSA) is 38.5 Å². The molecule has 1 saturated heterocycles. The first-order chi connectivity index (χ1) is 8.66. The summed E-state index contributed by atoms with van der Waals surface area (Å²) in [7, 11) is 2.25. The van der Waals surface area contributed by atoms with Crippen LogP contribution in [0.4, 0.5) is 0 Å². The van der Waals surface area contributed by atoms with E-state index in [-0.39, 0.29) is 5.54 Å². The van der Waals surface area contributed by atoms with Gasteiger partial charge in [0, 0.05) is 18.6 Å². The first-order valence-electron chi connectivity index (χ1n) is 7.73. The molecule has 106 valence electrons. The Balaban J connectivity index is 1.93. The van der Waals surface area contributed by atoms with E-state index in [9.17, 15) is 0 Å². The summed E-state index contributed by atoms with van der Waals surface area (Å²) in [6, 6.07) is 0. The van der Waals surface area contributed by atoms with Gasteiger partial charge in [0.25, 0.3) is 0 Å². The molecule has 0 radical (unpaired) electrons. The zero-order valence-electron chi connectivity index (χ0n) is 12.2. The van der Waals surface area contributed by atoms with Crippen molar-refractivity contribution < 1.29 is 4.74 Å². The molecule has 2 aliphatic rings.